The Hall–Kier alpha value is 0.620. The first-order valence-corrected chi connectivity index (χ1v) is 8.02. The number of aliphatic hydroxyl groups excluding tert-OH is 1. The van der Waals surface area contributed by atoms with Crippen molar-refractivity contribution >= 4 is 23.5 Å². The van der Waals surface area contributed by atoms with Crippen molar-refractivity contribution in [2.75, 3.05) is 30.5 Å². The Bertz CT molecular complexity index is 177. The highest BCUT2D eigenvalue weighted by Gasteiger charge is 2.26. The van der Waals surface area contributed by atoms with Gasteiger partial charge in [0.05, 0.1) is 6.10 Å². The lowest BCUT2D eigenvalue weighted by Crippen LogP contribution is -2.32. The molecule has 1 N–H and O–H groups in total. The van der Waals surface area contributed by atoms with Gasteiger partial charge in [0, 0.05) is 35.7 Å². The molecular weight excluding hydrogens is 228 g/mol. The summed E-state index contributed by atoms with van der Waals surface area (Å²) in [5.41, 5.74) is 0. The Morgan fingerprint density at radius 2 is 2.07 bits per heavy atom. The van der Waals surface area contributed by atoms with Gasteiger partial charge in [0.15, 0.2) is 0 Å². The molecule has 0 amide bonds. The second-order valence-electron chi connectivity index (χ2n) is 4.34. The van der Waals surface area contributed by atoms with Crippen LogP contribution in [-0.2, 0) is 4.74 Å². The highest BCUT2D eigenvalue weighted by atomic mass is 32.2. The van der Waals surface area contributed by atoms with E-state index in [0.29, 0.717) is 11.2 Å². The first-order valence-electron chi connectivity index (χ1n) is 5.81. The molecule has 0 aromatic carbocycles. The summed E-state index contributed by atoms with van der Waals surface area (Å²) in [6.07, 6.45) is 3.18. The van der Waals surface area contributed by atoms with Crippen LogP contribution in [0.1, 0.15) is 19.3 Å². The second-order valence-corrected chi connectivity index (χ2v) is 6.84. The number of ether oxygens (including phenoxy) is 1. The van der Waals surface area contributed by atoms with E-state index in [2.05, 4.69) is 0 Å². The second kappa shape index (κ2) is 6.38. The minimum Gasteiger partial charge on any atom is -0.392 e. The summed E-state index contributed by atoms with van der Waals surface area (Å²) in [6, 6.07) is 0. The van der Waals surface area contributed by atoms with Crippen LogP contribution in [0.25, 0.3) is 0 Å². The van der Waals surface area contributed by atoms with E-state index in [1.807, 2.05) is 23.5 Å². The van der Waals surface area contributed by atoms with Crippen molar-refractivity contribution in [3.8, 4) is 0 Å². The van der Waals surface area contributed by atoms with Crippen molar-refractivity contribution in [2.45, 2.75) is 30.6 Å². The van der Waals surface area contributed by atoms with Crippen molar-refractivity contribution in [3.05, 3.63) is 0 Å². The third-order valence-electron chi connectivity index (χ3n) is 3.19. The van der Waals surface area contributed by atoms with Gasteiger partial charge >= 0.3 is 0 Å². The van der Waals surface area contributed by atoms with Crippen LogP contribution in [0.3, 0.4) is 0 Å². The lowest BCUT2D eigenvalue weighted by atomic mass is 9.93. The number of rotatable bonds is 3. The van der Waals surface area contributed by atoms with Crippen molar-refractivity contribution in [3.63, 3.8) is 0 Å². The van der Waals surface area contributed by atoms with Gasteiger partial charge in [-0.1, -0.05) is 0 Å². The summed E-state index contributed by atoms with van der Waals surface area (Å²) in [5, 5.41) is 10.6. The molecule has 2 heterocycles. The van der Waals surface area contributed by atoms with E-state index in [0.717, 1.165) is 38.2 Å². The van der Waals surface area contributed by atoms with Gasteiger partial charge in [-0.05, 0) is 25.2 Å². The standard InChI is InChI=1S/C11H20O2S2/c12-10(11-8-14-5-6-15-11)7-9-1-3-13-4-2-9/h9-12H,1-8H2. The van der Waals surface area contributed by atoms with Crippen LogP contribution >= 0.6 is 23.5 Å². The average Bonchev–Trinajstić information content (AvgIpc) is 2.31. The molecule has 2 aliphatic rings. The quantitative estimate of drug-likeness (QED) is 0.827. The Labute approximate surface area is 101 Å². The fraction of sp³-hybridized carbons (Fsp3) is 1.00. The number of hydrogen-bond acceptors (Lipinski definition) is 4. The maximum atomic E-state index is 10.2. The van der Waals surface area contributed by atoms with Gasteiger partial charge in [0.2, 0.25) is 0 Å². The van der Waals surface area contributed by atoms with E-state index in [1.165, 1.54) is 11.5 Å². The molecule has 0 aliphatic carbocycles. The largest absolute Gasteiger partial charge is 0.392 e. The normalized spacial score (nSPS) is 31.4. The fourth-order valence-corrected chi connectivity index (χ4v) is 4.99. The smallest absolute Gasteiger partial charge is 0.0669 e. The third-order valence-corrected chi connectivity index (χ3v) is 6.09. The number of aliphatic hydroxyl groups is 1. The van der Waals surface area contributed by atoms with Crippen LogP contribution in [0.4, 0.5) is 0 Å². The predicted octanol–water partition coefficient (Wildman–Crippen LogP) is 2.01. The highest BCUT2D eigenvalue weighted by molar-refractivity contribution is 8.06. The zero-order chi connectivity index (χ0) is 10.5. The van der Waals surface area contributed by atoms with Crippen molar-refractivity contribution < 1.29 is 9.84 Å². The lowest BCUT2D eigenvalue weighted by Gasteiger charge is -2.30. The molecule has 4 heteroatoms. The maximum absolute atomic E-state index is 10.2. The van der Waals surface area contributed by atoms with E-state index in [9.17, 15) is 5.11 Å². The zero-order valence-corrected chi connectivity index (χ0v) is 10.7. The number of thioether (sulfide) groups is 2. The van der Waals surface area contributed by atoms with Crippen LogP contribution in [0.2, 0.25) is 0 Å². The van der Waals surface area contributed by atoms with Gasteiger partial charge in [-0.3, -0.25) is 0 Å². The summed E-state index contributed by atoms with van der Waals surface area (Å²) in [5.74, 6) is 4.29. The molecule has 0 aromatic rings. The van der Waals surface area contributed by atoms with Crippen molar-refractivity contribution in [2.24, 2.45) is 5.92 Å². The summed E-state index contributed by atoms with van der Waals surface area (Å²) in [7, 11) is 0. The molecule has 88 valence electrons. The molecule has 0 aromatic heterocycles. The first-order chi connectivity index (χ1) is 7.36. The highest BCUT2D eigenvalue weighted by Crippen LogP contribution is 2.30. The predicted molar refractivity (Wildman–Crippen MR) is 67.7 cm³/mol. The van der Waals surface area contributed by atoms with Crippen molar-refractivity contribution in [1.29, 1.82) is 0 Å². The molecule has 0 spiro atoms. The summed E-state index contributed by atoms with van der Waals surface area (Å²) < 4.78 is 5.34. The lowest BCUT2D eigenvalue weighted by molar-refractivity contribution is 0.0443. The molecule has 0 radical (unpaired) electrons. The monoisotopic (exact) mass is 248 g/mol. The Morgan fingerprint density at radius 1 is 1.27 bits per heavy atom. The summed E-state index contributed by atoms with van der Waals surface area (Å²) in [6.45, 7) is 1.79. The van der Waals surface area contributed by atoms with Crippen LogP contribution in [0.5, 0.6) is 0 Å². The van der Waals surface area contributed by atoms with E-state index in [-0.39, 0.29) is 6.10 Å². The Balaban J connectivity index is 1.72. The zero-order valence-electron chi connectivity index (χ0n) is 9.06. The molecule has 0 saturated carbocycles. The SMILES string of the molecule is OC(CC1CCOCC1)C1CSCCS1. The van der Waals surface area contributed by atoms with Crippen LogP contribution in [0, 0.1) is 5.92 Å². The average molecular weight is 248 g/mol. The molecule has 0 bridgehead atoms. The molecule has 2 saturated heterocycles. The molecule has 2 aliphatic heterocycles. The molecular formula is C11H20O2S2. The van der Waals surface area contributed by atoms with E-state index in [4.69, 9.17) is 4.74 Å². The molecule has 2 fully saturated rings. The molecule has 2 unspecified atom stereocenters. The fourth-order valence-electron chi connectivity index (χ4n) is 2.20. The minimum atomic E-state index is -0.0918. The molecule has 15 heavy (non-hydrogen) atoms. The van der Waals surface area contributed by atoms with Gasteiger partial charge in [-0.15, -0.1) is 0 Å². The van der Waals surface area contributed by atoms with Crippen LogP contribution in [0.15, 0.2) is 0 Å². The van der Waals surface area contributed by atoms with Crippen molar-refractivity contribution in [1.82, 2.24) is 0 Å². The summed E-state index contributed by atoms with van der Waals surface area (Å²) in [4.78, 5) is 0. The third kappa shape index (κ3) is 3.84. The van der Waals surface area contributed by atoms with E-state index < -0.39 is 0 Å². The summed E-state index contributed by atoms with van der Waals surface area (Å²) >= 11 is 3.95. The molecule has 2 rings (SSSR count). The topological polar surface area (TPSA) is 29.5 Å². The first kappa shape index (κ1) is 12.1. The van der Waals surface area contributed by atoms with Gasteiger partial charge in [-0.2, -0.15) is 23.5 Å². The van der Waals surface area contributed by atoms with Gasteiger partial charge < -0.3 is 9.84 Å². The molecule has 2 atom stereocenters. The van der Waals surface area contributed by atoms with Gasteiger partial charge in [0.1, 0.15) is 0 Å². The maximum Gasteiger partial charge on any atom is 0.0669 e. The van der Waals surface area contributed by atoms with Gasteiger partial charge in [-0.25, -0.2) is 0 Å². The number of hydrogen-bond donors (Lipinski definition) is 1. The Kier molecular flexibility index (Phi) is 5.14. The molecule has 2 nitrogen and oxygen atoms in total. The van der Waals surface area contributed by atoms with Crippen LogP contribution < -0.4 is 0 Å². The van der Waals surface area contributed by atoms with E-state index >= 15 is 0 Å². The Morgan fingerprint density at radius 3 is 2.73 bits per heavy atom. The van der Waals surface area contributed by atoms with Crippen LogP contribution in [-0.4, -0.2) is 46.9 Å². The minimum absolute atomic E-state index is 0.0918. The van der Waals surface area contributed by atoms with E-state index in [1.54, 1.807) is 0 Å². The van der Waals surface area contributed by atoms with Gasteiger partial charge in [0.25, 0.3) is 0 Å².